The third kappa shape index (κ3) is 3.21. The summed E-state index contributed by atoms with van der Waals surface area (Å²) >= 11 is 0. The van der Waals surface area contributed by atoms with Crippen molar-refractivity contribution in [2.75, 3.05) is 0 Å². The van der Waals surface area contributed by atoms with Gasteiger partial charge in [0.1, 0.15) is 0 Å². The van der Waals surface area contributed by atoms with Gasteiger partial charge in [-0.25, -0.2) is 0 Å². The molecule has 2 atom stereocenters. The van der Waals surface area contributed by atoms with Crippen LogP contribution in [0.1, 0.15) is 53.4 Å². The average molecular weight is 222 g/mol. The molecule has 1 heteroatoms. The van der Waals surface area contributed by atoms with Gasteiger partial charge in [-0.15, -0.1) is 6.58 Å². The first-order valence-electron chi connectivity index (χ1n) is 6.42. The molecule has 0 aromatic heterocycles. The number of allylic oxidation sites excluding steroid dienone is 2. The minimum Gasteiger partial charge on any atom is -0.386 e. The standard InChI is InChI=1S/C15H26O/c1-6-15(5,16)10-9-14-12(4)7-8-13(14)11(2)3/h6,11,13,16H,1,7-10H2,2-5H3. The maximum atomic E-state index is 9.95. The van der Waals surface area contributed by atoms with Crippen molar-refractivity contribution in [3.05, 3.63) is 23.8 Å². The largest absolute Gasteiger partial charge is 0.386 e. The van der Waals surface area contributed by atoms with Gasteiger partial charge in [0.05, 0.1) is 5.60 Å². The molecule has 1 nitrogen and oxygen atoms in total. The Kier molecular flexibility index (Phi) is 4.37. The second kappa shape index (κ2) is 5.18. The second-order valence-corrected chi connectivity index (χ2v) is 5.76. The summed E-state index contributed by atoms with van der Waals surface area (Å²) in [6.45, 7) is 12.4. The van der Waals surface area contributed by atoms with E-state index in [1.807, 2.05) is 6.92 Å². The van der Waals surface area contributed by atoms with E-state index in [2.05, 4.69) is 27.4 Å². The fourth-order valence-electron chi connectivity index (χ4n) is 2.65. The first-order valence-corrected chi connectivity index (χ1v) is 6.42. The van der Waals surface area contributed by atoms with Crippen molar-refractivity contribution in [1.82, 2.24) is 0 Å². The molecule has 0 spiro atoms. The molecule has 1 N–H and O–H groups in total. The smallest absolute Gasteiger partial charge is 0.0800 e. The van der Waals surface area contributed by atoms with Crippen LogP contribution in [0.4, 0.5) is 0 Å². The summed E-state index contributed by atoms with van der Waals surface area (Å²) < 4.78 is 0. The van der Waals surface area contributed by atoms with Crippen LogP contribution in [0.25, 0.3) is 0 Å². The topological polar surface area (TPSA) is 20.2 Å². The Hall–Kier alpha value is -0.560. The lowest BCUT2D eigenvalue weighted by Gasteiger charge is -2.23. The van der Waals surface area contributed by atoms with Gasteiger partial charge in [-0.3, -0.25) is 0 Å². The molecule has 0 saturated carbocycles. The highest BCUT2D eigenvalue weighted by Gasteiger charge is 2.27. The van der Waals surface area contributed by atoms with Crippen molar-refractivity contribution in [3.63, 3.8) is 0 Å². The van der Waals surface area contributed by atoms with Crippen molar-refractivity contribution in [1.29, 1.82) is 0 Å². The van der Waals surface area contributed by atoms with E-state index in [0.29, 0.717) is 0 Å². The fourth-order valence-corrected chi connectivity index (χ4v) is 2.65. The summed E-state index contributed by atoms with van der Waals surface area (Å²) in [7, 11) is 0. The molecule has 0 heterocycles. The molecule has 0 aromatic rings. The van der Waals surface area contributed by atoms with Crippen LogP contribution in [0.2, 0.25) is 0 Å². The summed E-state index contributed by atoms with van der Waals surface area (Å²) in [5, 5.41) is 9.95. The summed E-state index contributed by atoms with van der Waals surface area (Å²) in [5.74, 6) is 1.46. The van der Waals surface area contributed by atoms with Crippen molar-refractivity contribution in [2.24, 2.45) is 11.8 Å². The lowest BCUT2D eigenvalue weighted by molar-refractivity contribution is 0.101. The van der Waals surface area contributed by atoms with Gasteiger partial charge in [0, 0.05) is 0 Å². The Bertz CT molecular complexity index is 284. The predicted octanol–water partition coefficient (Wildman–Crippen LogP) is 4.09. The molecule has 0 aromatic carbocycles. The van der Waals surface area contributed by atoms with Crippen LogP contribution in [0.15, 0.2) is 23.8 Å². The molecule has 0 amide bonds. The van der Waals surface area contributed by atoms with Gasteiger partial charge >= 0.3 is 0 Å². The van der Waals surface area contributed by atoms with E-state index >= 15 is 0 Å². The van der Waals surface area contributed by atoms with E-state index in [-0.39, 0.29) is 0 Å². The quantitative estimate of drug-likeness (QED) is 0.695. The summed E-state index contributed by atoms with van der Waals surface area (Å²) in [6, 6.07) is 0. The lowest BCUT2D eigenvalue weighted by Crippen LogP contribution is -2.21. The first-order chi connectivity index (χ1) is 7.37. The van der Waals surface area contributed by atoms with E-state index in [1.54, 1.807) is 17.2 Å². The average Bonchev–Trinajstić information content (AvgIpc) is 2.57. The monoisotopic (exact) mass is 222 g/mol. The van der Waals surface area contributed by atoms with E-state index in [0.717, 1.165) is 24.7 Å². The number of rotatable bonds is 5. The molecule has 1 aliphatic rings. The van der Waals surface area contributed by atoms with Gasteiger partial charge in [-0.1, -0.05) is 31.1 Å². The zero-order valence-corrected chi connectivity index (χ0v) is 11.2. The number of hydrogen-bond acceptors (Lipinski definition) is 1. The molecular weight excluding hydrogens is 196 g/mol. The van der Waals surface area contributed by atoms with Crippen molar-refractivity contribution < 1.29 is 5.11 Å². The molecule has 0 bridgehead atoms. The molecule has 1 rings (SSSR count). The first kappa shape index (κ1) is 13.5. The third-order valence-corrected chi connectivity index (χ3v) is 3.97. The minimum atomic E-state index is -0.711. The van der Waals surface area contributed by atoms with E-state index < -0.39 is 5.60 Å². The van der Waals surface area contributed by atoms with Gasteiger partial charge in [0.15, 0.2) is 0 Å². The Morgan fingerprint density at radius 1 is 1.56 bits per heavy atom. The highest BCUT2D eigenvalue weighted by molar-refractivity contribution is 5.22. The molecule has 0 aliphatic heterocycles. The molecule has 0 fully saturated rings. The zero-order chi connectivity index (χ0) is 12.3. The highest BCUT2D eigenvalue weighted by atomic mass is 16.3. The minimum absolute atomic E-state index is 0.711. The predicted molar refractivity (Wildman–Crippen MR) is 70.3 cm³/mol. The Morgan fingerprint density at radius 2 is 2.19 bits per heavy atom. The van der Waals surface area contributed by atoms with Crippen LogP contribution in [0, 0.1) is 11.8 Å². The van der Waals surface area contributed by atoms with Crippen LogP contribution >= 0.6 is 0 Å². The van der Waals surface area contributed by atoms with E-state index in [1.165, 1.54) is 12.8 Å². The van der Waals surface area contributed by atoms with Gasteiger partial charge in [0.2, 0.25) is 0 Å². The molecule has 0 radical (unpaired) electrons. The Balaban J connectivity index is 2.64. The lowest BCUT2D eigenvalue weighted by atomic mass is 9.85. The Morgan fingerprint density at radius 3 is 2.69 bits per heavy atom. The summed E-state index contributed by atoms with van der Waals surface area (Å²) in [5.41, 5.74) is 2.44. The maximum absolute atomic E-state index is 9.95. The summed E-state index contributed by atoms with van der Waals surface area (Å²) in [6.07, 6.45) is 6.02. The SMILES string of the molecule is C=CC(C)(O)CCC1=C(C)CCC1C(C)C. The third-order valence-electron chi connectivity index (χ3n) is 3.97. The van der Waals surface area contributed by atoms with Gasteiger partial charge in [-0.05, 0) is 51.4 Å². The van der Waals surface area contributed by atoms with Crippen LogP contribution in [0.5, 0.6) is 0 Å². The van der Waals surface area contributed by atoms with Crippen molar-refractivity contribution in [2.45, 2.75) is 59.0 Å². The van der Waals surface area contributed by atoms with Crippen LogP contribution in [-0.4, -0.2) is 10.7 Å². The van der Waals surface area contributed by atoms with E-state index in [4.69, 9.17) is 0 Å². The maximum Gasteiger partial charge on any atom is 0.0800 e. The number of hydrogen-bond donors (Lipinski definition) is 1. The summed E-state index contributed by atoms with van der Waals surface area (Å²) in [4.78, 5) is 0. The van der Waals surface area contributed by atoms with Gasteiger partial charge < -0.3 is 5.11 Å². The van der Waals surface area contributed by atoms with Gasteiger partial charge in [-0.2, -0.15) is 0 Å². The zero-order valence-electron chi connectivity index (χ0n) is 11.2. The molecular formula is C15H26O. The molecule has 92 valence electrons. The highest BCUT2D eigenvalue weighted by Crippen LogP contribution is 2.39. The molecule has 1 aliphatic carbocycles. The molecule has 0 saturated heterocycles. The van der Waals surface area contributed by atoms with E-state index in [9.17, 15) is 5.11 Å². The van der Waals surface area contributed by atoms with Crippen LogP contribution in [-0.2, 0) is 0 Å². The van der Waals surface area contributed by atoms with Crippen molar-refractivity contribution in [3.8, 4) is 0 Å². The Labute approximate surface area is 100 Å². The fraction of sp³-hybridized carbons (Fsp3) is 0.733. The van der Waals surface area contributed by atoms with Crippen molar-refractivity contribution >= 4 is 0 Å². The molecule has 2 unspecified atom stereocenters. The van der Waals surface area contributed by atoms with Crippen LogP contribution < -0.4 is 0 Å². The normalized spacial score (nSPS) is 25.0. The molecule has 16 heavy (non-hydrogen) atoms. The van der Waals surface area contributed by atoms with Crippen LogP contribution in [0.3, 0.4) is 0 Å². The number of aliphatic hydroxyl groups is 1. The van der Waals surface area contributed by atoms with Gasteiger partial charge in [0.25, 0.3) is 0 Å². The second-order valence-electron chi connectivity index (χ2n) is 5.76.